The molecule has 1 aliphatic carbocycles. The van der Waals surface area contributed by atoms with Crippen LogP contribution >= 0.6 is 22.7 Å². The second kappa shape index (κ2) is 13.9. The smallest absolute Gasteiger partial charge is 0.137 e. The van der Waals surface area contributed by atoms with E-state index < -0.39 is 0 Å². The zero-order valence-corrected chi connectivity index (χ0v) is 32.9. The highest BCUT2D eigenvalue weighted by molar-refractivity contribution is 7.25. The maximum Gasteiger partial charge on any atom is 0.137 e. The lowest BCUT2D eigenvalue weighted by Crippen LogP contribution is -2.11. The Morgan fingerprint density at radius 2 is 1.05 bits per heavy atom. The van der Waals surface area contributed by atoms with Crippen LogP contribution in [-0.4, -0.2) is 9.97 Å². The van der Waals surface area contributed by atoms with E-state index in [4.69, 9.17) is 9.97 Å². The number of pyridine rings is 2. The zero-order valence-electron chi connectivity index (χ0n) is 31.3. The van der Waals surface area contributed by atoms with Gasteiger partial charge in [-0.25, -0.2) is 9.97 Å². The van der Waals surface area contributed by atoms with Crippen molar-refractivity contribution in [1.82, 2.24) is 9.97 Å². The van der Waals surface area contributed by atoms with Gasteiger partial charge in [-0.05, 0) is 112 Å². The summed E-state index contributed by atoms with van der Waals surface area (Å²) in [6.07, 6.45) is 12.6. The molecule has 0 saturated heterocycles. The first-order chi connectivity index (χ1) is 28.2. The lowest BCUT2D eigenvalue weighted by Gasteiger charge is -2.25. The van der Waals surface area contributed by atoms with Crippen LogP contribution in [0.2, 0.25) is 0 Å². The molecule has 0 radical (unpaired) electrons. The molecule has 0 bridgehead atoms. The van der Waals surface area contributed by atoms with Gasteiger partial charge in [0, 0.05) is 76.7 Å². The van der Waals surface area contributed by atoms with Crippen molar-refractivity contribution in [2.24, 2.45) is 0 Å². The average molecular weight is 769 g/mol. The van der Waals surface area contributed by atoms with E-state index in [0.29, 0.717) is 0 Å². The van der Waals surface area contributed by atoms with Gasteiger partial charge in [-0.15, -0.1) is 22.7 Å². The molecule has 4 heterocycles. The summed E-state index contributed by atoms with van der Waals surface area (Å²) in [7, 11) is 0. The Morgan fingerprint density at radius 3 is 1.67 bits per heavy atom. The molecule has 0 spiro atoms. The highest BCUT2D eigenvalue weighted by Crippen LogP contribution is 2.44. The summed E-state index contributed by atoms with van der Waals surface area (Å²) in [5.74, 6) is 1.77. The van der Waals surface area contributed by atoms with Crippen LogP contribution in [0.3, 0.4) is 0 Å². The molecular weight excluding hydrogens is 733 g/mol. The van der Waals surface area contributed by atoms with Gasteiger partial charge in [0.2, 0.25) is 0 Å². The molecule has 0 aliphatic heterocycles. The topological polar surface area (TPSA) is 32.3 Å². The Balaban J connectivity index is 0.992. The molecule has 6 aromatic carbocycles. The molecule has 10 aromatic rings. The maximum atomic E-state index is 4.85. The summed E-state index contributed by atoms with van der Waals surface area (Å²) >= 11 is 3.75. The zero-order chi connectivity index (χ0) is 37.9. The number of rotatable bonds is 7. The van der Waals surface area contributed by atoms with Gasteiger partial charge in [0.25, 0.3) is 0 Å². The number of hydrogen-bond donors (Lipinski definition) is 0. The highest BCUT2D eigenvalue weighted by Gasteiger charge is 2.20. The van der Waals surface area contributed by atoms with Gasteiger partial charge >= 0.3 is 0 Å². The van der Waals surface area contributed by atoms with Crippen LogP contribution in [0.1, 0.15) is 23.8 Å². The number of fused-ring (bicyclic) bond motifs is 9. The molecule has 1 aliphatic rings. The van der Waals surface area contributed by atoms with Crippen LogP contribution in [0.25, 0.3) is 57.9 Å². The Labute approximate surface area is 338 Å². The third-order valence-corrected chi connectivity index (χ3v) is 13.5. The minimum Gasteiger partial charge on any atom is -0.295 e. The first-order valence-corrected chi connectivity index (χ1v) is 21.0. The van der Waals surface area contributed by atoms with Crippen LogP contribution in [0.5, 0.6) is 0 Å². The summed E-state index contributed by atoms with van der Waals surface area (Å²) in [5.41, 5.74) is 7.15. The average Bonchev–Trinajstić information content (AvgIpc) is 3.73. The first-order valence-electron chi connectivity index (χ1n) is 19.4. The third kappa shape index (κ3) is 5.88. The molecule has 0 fully saturated rings. The molecule has 0 N–H and O–H groups in total. The maximum absolute atomic E-state index is 4.85. The largest absolute Gasteiger partial charge is 0.295 e. The van der Waals surface area contributed by atoms with Gasteiger partial charge in [-0.1, -0.05) is 97.5 Å². The number of anilines is 6. The van der Waals surface area contributed by atoms with Crippen molar-refractivity contribution in [1.29, 1.82) is 0 Å². The van der Waals surface area contributed by atoms with E-state index in [1.807, 2.05) is 47.2 Å². The van der Waals surface area contributed by atoms with Crippen molar-refractivity contribution in [2.45, 2.75) is 19.8 Å². The van der Waals surface area contributed by atoms with Crippen molar-refractivity contribution in [3.05, 3.63) is 186 Å². The molecule has 6 heteroatoms. The Hall–Kier alpha value is -6.60. The second-order valence-electron chi connectivity index (χ2n) is 14.5. The van der Waals surface area contributed by atoms with Crippen LogP contribution in [0, 0.1) is 0 Å². The van der Waals surface area contributed by atoms with Crippen LogP contribution in [-0.2, 0) is 6.42 Å². The van der Waals surface area contributed by atoms with Crippen LogP contribution in [0.4, 0.5) is 34.4 Å². The van der Waals surface area contributed by atoms with Gasteiger partial charge < -0.3 is 0 Å². The predicted molar refractivity (Wildman–Crippen MR) is 246 cm³/mol. The number of aromatic nitrogens is 2. The molecule has 11 rings (SSSR count). The lowest BCUT2D eigenvalue weighted by atomic mass is 10.00. The normalized spacial score (nSPS) is 12.7. The van der Waals surface area contributed by atoms with E-state index >= 15 is 0 Å². The van der Waals surface area contributed by atoms with Crippen molar-refractivity contribution in [3.63, 3.8) is 0 Å². The lowest BCUT2D eigenvalue weighted by molar-refractivity contribution is 1.02. The van der Waals surface area contributed by atoms with Crippen molar-refractivity contribution < 1.29 is 0 Å². The first kappa shape index (κ1) is 33.7. The quantitative estimate of drug-likeness (QED) is 0.151. The standard InChI is InChI=1S/C51H36N4S2/c1-2-33-10-9-12-43-45-25-21-39(32-49(45)57-47(43)28-33)55(51-15-6-8-27-53-51)37-19-23-41-35(30-37)17-16-34-29-36(18-22-40(34)41)54(50-14-5-7-26-52-50)38-20-24-44-42-11-3-4-13-46(42)56-48(44)31-38/h3-27,29-32H,2,28H2,1H3. The fourth-order valence-corrected chi connectivity index (χ4v) is 10.8. The second-order valence-corrected chi connectivity index (χ2v) is 16.8. The predicted octanol–water partition coefficient (Wildman–Crippen LogP) is 15.2. The van der Waals surface area contributed by atoms with E-state index in [1.165, 1.54) is 67.8 Å². The molecule has 272 valence electrons. The number of benzene rings is 6. The molecule has 0 saturated carbocycles. The fraction of sp³-hybridized carbons (Fsp3) is 0.0588. The Bertz CT molecular complexity index is 3210. The highest BCUT2D eigenvalue weighted by atomic mass is 32.1. The summed E-state index contributed by atoms with van der Waals surface area (Å²) in [6.45, 7) is 2.25. The van der Waals surface area contributed by atoms with Crippen molar-refractivity contribution in [3.8, 4) is 0 Å². The molecule has 4 nitrogen and oxygen atoms in total. The van der Waals surface area contributed by atoms with Gasteiger partial charge in [-0.2, -0.15) is 0 Å². The minimum atomic E-state index is 0.882. The molecular formula is C51H36N4S2. The number of nitrogens with zero attached hydrogens (tertiary/aromatic N) is 4. The van der Waals surface area contributed by atoms with Gasteiger partial charge in [-0.3, -0.25) is 9.80 Å². The number of allylic oxidation sites excluding steroid dienone is 3. The van der Waals surface area contributed by atoms with E-state index in [1.54, 1.807) is 0 Å². The molecule has 4 aromatic heterocycles. The van der Waals surface area contributed by atoms with Gasteiger partial charge in [0.1, 0.15) is 11.6 Å². The molecule has 0 amide bonds. The Morgan fingerprint density at radius 1 is 0.509 bits per heavy atom. The molecule has 0 unspecified atom stereocenters. The summed E-state index contributed by atoms with van der Waals surface area (Å²) in [4.78, 5) is 15.6. The number of thiophene rings is 2. The SMILES string of the molecule is CCC1=CC=Cc2c(sc3cc(N(c4ccc5c(ccc6cc(N(c7ccc8c(c7)sc7ccccc78)c7ccccn7)ccc65)c4)c4ccccn4)ccc23)C1. The number of hydrogen-bond acceptors (Lipinski definition) is 6. The Kier molecular flexibility index (Phi) is 8.19. The van der Waals surface area contributed by atoms with Gasteiger partial charge in [0.05, 0.1) is 0 Å². The molecule has 0 atom stereocenters. The van der Waals surface area contributed by atoms with E-state index in [9.17, 15) is 0 Å². The molecule has 57 heavy (non-hydrogen) atoms. The van der Waals surface area contributed by atoms with Crippen LogP contribution in [0.15, 0.2) is 176 Å². The van der Waals surface area contributed by atoms with Crippen LogP contribution < -0.4 is 9.80 Å². The fourth-order valence-electron chi connectivity index (χ4n) is 8.37. The van der Waals surface area contributed by atoms with Crippen molar-refractivity contribution in [2.75, 3.05) is 9.80 Å². The minimum absolute atomic E-state index is 0.882. The van der Waals surface area contributed by atoms with E-state index in [2.05, 4.69) is 168 Å². The summed E-state index contributed by atoms with van der Waals surface area (Å²) in [5, 5.41) is 8.68. The third-order valence-electron chi connectivity index (χ3n) is 11.2. The summed E-state index contributed by atoms with van der Waals surface area (Å²) < 4.78 is 3.87. The van der Waals surface area contributed by atoms with E-state index in [0.717, 1.165) is 47.2 Å². The monoisotopic (exact) mass is 768 g/mol. The van der Waals surface area contributed by atoms with Gasteiger partial charge in [0.15, 0.2) is 0 Å². The van der Waals surface area contributed by atoms with Crippen molar-refractivity contribution >= 4 is 115 Å². The van der Waals surface area contributed by atoms with E-state index in [-0.39, 0.29) is 0 Å². The summed E-state index contributed by atoms with van der Waals surface area (Å²) in [6, 6.07) is 52.6.